The molecular weight excluding hydrogens is 465 g/mol. The lowest BCUT2D eigenvalue weighted by atomic mass is 9.81. The molecule has 2 aromatic rings. The first-order chi connectivity index (χ1) is 17.4. The molecule has 1 aliphatic heterocycles. The van der Waals surface area contributed by atoms with Crippen LogP contribution in [0.5, 0.6) is 5.75 Å². The van der Waals surface area contributed by atoms with Gasteiger partial charge in [-0.05, 0) is 76.3 Å². The Morgan fingerprint density at radius 2 is 1.94 bits per heavy atom. The van der Waals surface area contributed by atoms with Crippen molar-refractivity contribution in [1.29, 1.82) is 0 Å². The minimum Gasteiger partial charge on any atom is -0.494 e. The first kappa shape index (κ1) is 27.2. The standard InChI is InChI=1S/C24H30FN5O3.C2H4O/c1-14-28-19(20-12-22(33-30-20)16-5-7-17(26-2)8-6-16)11-21(29-14)24(31)27-13-15-4-9-18(25)23(10-15)32-3;1-2-3/h4,9-11,16-17,22,26H,5-8,12-13H2,1-3H3,(H,27,31);2H,1H3. The molecule has 2 aliphatic rings. The summed E-state index contributed by atoms with van der Waals surface area (Å²) >= 11 is 0. The summed E-state index contributed by atoms with van der Waals surface area (Å²) in [5.74, 6) is 0.314. The van der Waals surface area contributed by atoms with Gasteiger partial charge < -0.3 is 25.0 Å². The van der Waals surface area contributed by atoms with Crippen molar-refractivity contribution in [2.45, 2.75) is 64.6 Å². The Morgan fingerprint density at radius 3 is 2.61 bits per heavy atom. The Morgan fingerprint density at radius 1 is 1.22 bits per heavy atom. The first-order valence-electron chi connectivity index (χ1n) is 12.1. The van der Waals surface area contributed by atoms with Crippen LogP contribution >= 0.6 is 0 Å². The number of amides is 1. The molecule has 1 aromatic heterocycles. The number of carbonyl (C=O) groups is 2. The summed E-state index contributed by atoms with van der Waals surface area (Å²) in [7, 11) is 3.42. The van der Waals surface area contributed by atoms with E-state index in [9.17, 15) is 9.18 Å². The van der Waals surface area contributed by atoms with E-state index in [0.29, 0.717) is 29.9 Å². The maximum Gasteiger partial charge on any atom is 0.270 e. The summed E-state index contributed by atoms with van der Waals surface area (Å²) in [4.78, 5) is 36.1. The summed E-state index contributed by atoms with van der Waals surface area (Å²) in [6.07, 6.45) is 6.01. The van der Waals surface area contributed by atoms with Gasteiger partial charge in [0.25, 0.3) is 5.91 Å². The van der Waals surface area contributed by atoms with Crippen molar-refractivity contribution >= 4 is 17.9 Å². The molecule has 1 fully saturated rings. The van der Waals surface area contributed by atoms with Gasteiger partial charge in [-0.25, -0.2) is 14.4 Å². The summed E-state index contributed by atoms with van der Waals surface area (Å²) < 4.78 is 18.6. The first-order valence-corrected chi connectivity index (χ1v) is 12.1. The molecule has 10 heteroatoms. The third kappa shape index (κ3) is 7.07. The lowest BCUT2D eigenvalue weighted by Gasteiger charge is -2.30. The average Bonchev–Trinajstić information content (AvgIpc) is 3.39. The highest BCUT2D eigenvalue weighted by Gasteiger charge is 2.33. The molecule has 194 valence electrons. The van der Waals surface area contributed by atoms with Crippen LogP contribution in [0.25, 0.3) is 0 Å². The number of halogens is 1. The molecule has 1 amide bonds. The molecule has 1 aromatic carbocycles. The van der Waals surface area contributed by atoms with Crippen molar-refractivity contribution in [3.05, 3.63) is 52.9 Å². The SMILES string of the molecule is CC=O.CNC1CCC(C2CC(c3cc(C(=O)NCc4ccc(F)c(OC)c4)nc(C)n3)=NO2)CC1. The van der Waals surface area contributed by atoms with Gasteiger partial charge in [-0.15, -0.1) is 0 Å². The van der Waals surface area contributed by atoms with E-state index < -0.39 is 5.82 Å². The van der Waals surface area contributed by atoms with Gasteiger partial charge in [0.2, 0.25) is 0 Å². The molecular formula is C26H34FN5O4. The lowest BCUT2D eigenvalue weighted by Crippen LogP contribution is -2.34. The fourth-order valence-electron chi connectivity index (χ4n) is 4.50. The molecule has 9 nitrogen and oxygen atoms in total. The van der Waals surface area contributed by atoms with E-state index in [2.05, 4.69) is 25.8 Å². The van der Waals surface area contributed by atoms with Crippen LogP contribution in [0.15, 0.2) is 29.4 Å². The number of methoxy groups -OCH3 is 1. The largest absolute Gasteiger partial charge is 0.494 e. The molecule has 0 saturated heterocycles. The highest BCUT2D eigenvalue weighted by Crippen LogP contribution is 2.33. The van der Waals surface area contributed by atoms with E-state index in [4.69, 9.17) is 14.4 Å². The number of rotatable bonds is 7. The number of aromatic nitrogens is 2. The number of hydrogen-bond donors (Lipinski definition) is 2. The van der Waals surface area contributed by atoms with Crippen LogP contribution < -0.4 is 15.4 Å². The van der Waals surface area contributed by atoms with E-state index in [-0.39, 0.29) is 30.0 Å². The fraction of sp³-hybridized carbons (Fsp3) is 0.500. The molecule has 0 spiro atoms. The third-order valence-corrected chi connectivity index (χ3v) is 6.43. The smallest absolute Gasteiger partial charge is 0.270 e. The zero-order valence-electron chi connectivity index (χ0n) is 21.2. The molecule has 1 saturated carbocycles. The van der Waals surface area contributed by atoms with Crippen molar-refractivity contribution in [2.24, 2.45) is 11.1 Å². The second kappa shape index (κ2) is 13.1. The number of aldehydes is 1. The van der Waals surface area contributed by atoms with Crippen molar-refractivity contribution in [2.75, 3.05) is 14.2 Å². The van der Waals surface area contributed by atoms with Crippen LogP contribution in [-0.2, 0) is 16.2 Å². The van der Waals surface area contributed by atoms with Gasteiger partial charge in [0.15, 0.2) is 11.6 Å². The van der Waals surface area contributed by atoms with E-state index >= 15 is 0 Å². The summed E-state index contributed by atoms with van der Waals surface area (Å²) in [6.45, 7) is 3.41. The summed E-state index contributed by atoms with van der Waals surface area (Å²) in [5.41, 5.74) is 2.34. The van der Waals surface area contributed by atoms with Gasteiger partial charge in [0.05, 0.1) is 12.8 Å². The van der Waals surface area contributed by atoms with Gasteiger partial charge in [0, 0.05) is 19.0 Å². The molecule has 1 atom stereocenters. The number of nitrogens with one attached hydrogen (secondary N) is 2. The van der Waals surface area contributed by atoms with Gasteiger partial charge in [-0.3, -0.25) is 4.79 Å². The van der Waals surface area contributed by atoms with Crippen LogP contribution in [0.2, 0.25) is 0 Å². The van der Waals surface area contributed by atoms with Crippen LogP contribution in [0.4, 0.5) is 4.39 Å². The molecule has 36 heavy (non-hydrogen) atoms. The summed E-state index contributed by atoms with van der Waals surface area (Å²) in [6, 6.07) is 6.71. The molecule has 0 bridgehead atoms. The number of nitrogens with zero attached hydrogens (tertiary/aromatic N) is 3. The van der Waals surface area contributed by atoms with Crippen LogP contribution in [0, 0.1) is 18.7 Å². The zero-order valence-corrected chi connectivity index (χ0v) is 21.2. The maximum atomic E-state index is 13.6. The molecule has 0 radical (unpaired) electrons. The van der Waals surface area contributed by atoms with Gasteiger partial charge in [-0.2, -0.15) is 0 Å². The topological polar surface area (TPSA) is 115 Å². The number of carbonyl (C=O) groups excluding carboxylic acids is 2. The normalized spacial score (nSPS) is 20.9. The number of benzene rings is 1. The third-order valence-electron chi connectivity index (χ3n) is 6.43. The van der Waals surface area contributed by atoms with Gasteiger partial charge in [0.1, 0.15) is 29.6 Å². The molecule has 4 rings (SSSR count). The van der Waals surface area contributed by atoms with Gasteiger partial charge >= 0.3 is 0 Å². The highest BCUT2D eigenvalue weighted by molar-refractivity contribution is 6.01. The monoisotopic (exact) mass is 499 g/mol. The Hall–Kier alpha value is -3.40. The Kier molecular flexibility index (Phi) is 9.86. The quantitative estimate of drug-likeness (QED) is 0.562. The van der Waals surface area contributed by atoms with Crippen LogP contribution in [0.1, 0.15) is 66.6 Å². The van der Waals surface area contributed by atoms with Crippen molar-refractivity contribution in [1.82, 2.24) is 20.6 Å². The van der Waals surface area contributed by atoms with Crippen molar-refractivity contribution < 1.29 is 23.6 Å². The minimum absolute atomic E-state index is 0.0545. The fourth-order valence-corrected chi connectivity index (χ4v) is 4.50. The number of hydrogen-bond acceptors (Lipinski definition) is 8. The maximum absolute atomic E-state index is 13.6. The predicted octanol–water partition coefficient (Wildman–Crippen LogP) is 3.34. The Labute approximate surface area is 210 Å². The van der Waals surface area contributed by atoms with Gasteiger partial charge in [-0.1, -0.05) is 11.2 Å². The van der Waals surface area contributed by atoms with E-state index in [1.165, 1.54) is 20.1 Å². The number of ether oxygens (including phenoxy) is 1. The number of oxime groups is 1. The molecule has 1 aliphatic carbocycles. The van der Waals surface area contributed by atoms with E-state index in [1.54, 1.807) is 25.1 Å². The summed E-state index contributed by atoms with van der Waals surface area (Å²) in [5, 5.41) is 10.5. The second-order valence-corrected chi connectivity index (χ2v) is 8.86. The Balaban J connectivity index is 0.00000115. The predicted molar refractivity (Wildman–Crippen MR) is 133 cm³/mol. The minimum atomic E-state index is -0.448. The van der Waals surface area contributed by atoms with Crippen molar-refractivity contribution in [3.63, 3.8) is 0 Å². The zero-order chi connectivity index (χ0) is 26.1. The van der Waals surface area contributed by atoms with Crippen LogP contribution in [-0.4, -0.2) is 54.2 Å². The Bertz CT molecular complexity index is 1090. The molecule has 1 unspecified atom stereocenters. The molecule has 2 N–H and O–H groups in total. The lowest BCUT2D eigenvalue weighted by molar-refractivity contribution is -0.106. The van der Waals surface area contributed by atoms with E-state index in [0.717, 1.165) is 43.2 Å². The van der Waals surface area contributed by atoms with Crippen molar-refractivity contribution in [3.8, 4) is 5.75 Å². The number of aryl methyl sites for hydroxylation is 1. The second-order valence-electron chi connectivity index (χ2n) is 8.86. The highest BCUT2D eigenvalue weighted by atomic mass is 19.1. The molecule has 2 heterocycles. The van der Waals surface area contributed by atoms with Crippen LogP contribution in [0.3, 0.4) is 0 Å². The average molecular weight is 500 g/mol. The van der Waals surface area contributed by atoms with E-state index in [1.807, 2.05) is 7.05 Å².